The number of aryl methyl sites for hydroxylation is 2. The maximum atomic E-state index is 13.0. The number of pyridine rings is 1. The molecule has 27 heavy (non-hydrogen) atoms. The molecule has 0 radical (unpaired) electrons. The van der Waals surface area contributed by atoms with Crippen LogP contribution >= 0.6 is 0 Å². The molecule has 1 aromatic carbocycles. The molecule has 1 saturated heterocycles. The van der Waals surface area contributed by atoms with Gasteiger partial charge in [-0.15, -0.1) is 0 Å². The molecule has 2 heterocycles. The first-order valence-electron chi connectivity index (χ1n) is 9.94. The number of Topliss-reactive ketones (excluding diaryl/α,β-unsaturated/α-hetero) is 1. The standard InChI is InChI=1S/C23H26N2O2/c1-16-4-6-17(7-5-16)18-10-13-25(14-11-18)23(27)20-9-8-19-3-2-12-24-22(19)21(26)15-20/h2-7,12,18,20H,8-11,13-15H2,1H3. The van der Waals surface area contributed by atoms with Crippen molar-refractivity contribution in [2.75, 3.05) is 13.1 Å². The number of fused-ring (bicyclic) bond motifs is 1. The van der Waals surface area contributed by atoms with Crippen molar-refractivity contribution in [1.29, 1.82) is 0 Å². The molecule has 0 N–H and O–H groups in total. The Morgan fingerprint density at radius 2 is 1.81 bits per heavy atom. The highest BCUT2D eigenvalue weighted by molar-refractivity contribution is 5.98. The van der Waals surface area contributed by atoms with Crippen molar-refractivity contribution in [3.05, 3.63) is 65.0 Å². The molecule has 1 aromatic heterocycles. The van der Waals surface area contributed by atoms with Gasteiger partial charge in [-0.3, -0.25) is 14.6 Å². The van der Waals surface area contributed by atoms with Crippen LogP contribution in [0.3, 0.4) is 0 Å². The molecule has 1 aliphatic heterocycles. The van der Waals surface area contributed by atoms with Crippen LogP contribution in [0.2, 0.25) is 0 Å². The molecule has 1 aliphatic carbocycles. The van der Waals surface area contributed by atoms with E-state index in [1.807, 2.05) is 17.0 Å². The molecule has 2 aliphatic rings. The number of carbonyl (C=O) groups excluding carboxylic acids is 2. The van der Waals surface area contributed by atoms with Crippen LogP contribution in [0.1, 0.15) is 58.8 Å². The fourth-order valence-electron chi connectivity index (χ4n) is 4.38. The number of likely N-dealkylation sites (tertiary alicyclic amines) is 1. The Morgan fingerprint density at radius 3 is 2.56 bits per heavy atom. The quantitative estimate of drug-likeness (QED) is 0.761. The van der Waals surface area contributed by atoms with Crippen LogP contribution in [0.5, 0.6) is 0 Å². The number of hydrogen-bond donors (Lipinski definition) is 0. The minimum Gasteiger partial charge on any atom is -0.342 e. The van der Waals surface area contributed by atoms with Crippen molar-refractivity contribution in [1.82, 2.24) is 9.88 Å². The Morgan fingerprint density at radius 1 is 1.07 bits per heavy atom. The summed E-state index contributed by atoms with van der Waals surface area (Å²) in [7, 11) is 0. The number of benzene rings is 1. The lowest BCUT2D eigenvalue weighted by atomic mass is 9.88. The van der Waals surface area contributed by atoms with Crippen LogP contribution in [0.4, 0.5) is 0 Å². The number of rotatable bonds is 2. The first-order chi connectivity index (χ1) is 13.1. The lowest BCUT2D eigenvalue weighted by molar-refractivity contribution is -0.136. The zero-order valence-electron chi connectivity index (χ0n) is 15.9. The van der Waals surface area contributed by atoms with E-state index in [9.17, 15) is 9.59 Å². The molecular weight excluding hydrogens is 336 g/mol. The average molecular weight is 362 g/mol. The SMILES string of the molecule is Cc1ccc(C2CCN(C(=O)C3CCc4cccnc4C(=O)C3)CC2)cc1. The highest BCUT2D eigenvalue weighted by Gasteiger charge is 2.32. The molecule has 140 valence electrons. The average Bonchev–Trinajstić information content (AvgIpc) is 2.87. The van der Waals surface area contributed by atoms with E-state index in [1.54, 1.807) is 6.20 Å². The van der Waals surface area contributed by atoms with E-state index in [0.29, 0.717) is 18.0 Å². The highest BCUT2D eigenvalue weighted by Crippen LogP contribution is 2.31. The van der Waals surface area contributed by atoms with E-state index in [4.69, 9.17) is 0 Å². The number of hydrogen-bond acceptors (Lipinski definition) is 3. The molecule has 0 spiro atoms. The molecule has 4 nitrogen and oxygen atoms in total. The second kappa shape index (κ2) is 7.63. The third-order valence-electron chi connectivity index (χ3n) is 6.05. The lowest BCUT2D eigenvalue weighted by Crippen LogP contribution is -2.41. The highest BCUT2D eigenvalue weighted by atomic mass is 16.2. The van der Waals surface area contributed by atoms with Crippen LogP contribution in [0.25, 0.3) is 0 Å². The monoisotopic (exact) mass is 362 g/mol. The van der Waals surface area contributed by atoms with Gasteiger partial charge in [0.1, 0.15) is 5.69 Å². The predicted molar refractivity (Wildman–Crippen MR) is 105 cm³/mol. The van der Waals surface area contributed by atoms with E-state index < -0.39 is 0 Å². The maximum absolute atomic E-state index is 13.0. The first-order valence-corrected chi connectivity index (χ1v) is 9.94. The number of piperidine rings is 1. The normalized spacial score (nSPS) is 20.9. The van der Waals surface area contributed by atoms with E-state index in [0.717, 1.165) is 44.3 Å². The topological polar surface area (TPSA) is 50.3 Å². The summed E-state index contributed by atoms with van der Waals surface area (Å²) in [4.78, 5) is 31.8. The summed E-state index contributed by atoms with van der Waals surface area (Å²) in [6, 6.07) is 12.6. The Hall–Kier alpha value is -2.49. The number of carbonyl (C=O) groups is 2. The molecule has 4 rings (SSSR count). The summed E-state index contributed by atoms with van der Waals surface area (Å²) in [6.45, 7) is 3.67. The second-order valence-electron chi connectivity index (χ2n) is 7.88. The Balaban J connectivity index is 1.38. The fourth-order valence-corrected chi connectivity index (χ4v) is 4.38. The van der Waals surface area contributed by atoms with Gasteiger partial charge in [-0.1, -0.05) is 35.9 Å². The zero-order valence-corrected chi connectivity index (χ0v) is 15.9. The van der Waals surface area contributed by atoms with Crippen LogP contribution in [0.15, 0.2) is 42.6 Å². The van der Waals surface area contributed by atoms with Crippen molar-refractivity contribution >= 4 is 11.7 Å². The molecule has 0 saturated carbocycles. The molecule has 0 bridgehead atoms. The lowest BCUT2D eigenvalue weighted by Gasteiger charge is -2.34. The third-order valence-corrected chi connectivity index (χ3v) is 6.05. The molecule has 1 fully saturated rings. The smallest absolute Gasteiger partial charge is 0.226 e. The Kier molecular flexibility index (Phi) is 5.06. The number of ketones is 1. The summed E-state index contributed by atoms with van der Waals surface area (Å²) in [5, 5.41) is 0. The van der Waals surface area contributed by atoms with Gasteiger partial charge in [0.25, 0.3) is 0 Å². The van der Waals surface area contributed by atoms with Gasteiger partial charge in [-0.05, 0) is 55.7 Å². The van der Waals surface area contributed by atoms with Crippen LogP contribution in [-0.4, -0.2) is 34.7 Å². The van der Waals surface area contributed by atoms with Gasteiger partial charge in [0.2, 0.25) is 5.91 Å². The van der Waals surface area contributed by atoms with Crippen molar-refractivity contribution in [2.45, 2.75) is 44.9 Å². The summed E-state index contributed by atoms with van der Waals surface area (Å²) in [6.07, 6.45) is 5.44. The molecule has 1 atom stereocenters. The van der Waals surface area contributed by atoms with Crippen LogP contribution in [-0.2, 0) is 11.2 Å². The van der Waals surface area contributed by atoms with Gasteiger partial charge in [0.15, 0.2) is 5.78 Å². The van der Waals surface area contributed by atoms with Gasteiger partial charge in [0, 0.05) is 31.6 Å². The number of amides is 1. The van der Waals surface area contributed by atoms with Crippen molar-refractivity contribution in [3.8, 4) is 0 Å². The van der Waals surface area contributed by atoms with Crippen LogP contribution in [0, 0.1) is 12.8 Å². The van der Waals surface area contributed by atoms with Gasteiger partial charge < -0.3 is 4.90 Å². The Bertz CT molecular complexity index is 836. The molecule has 1 amide bonds. The van der Waals surface area contributed by atoms with Gasteiger partial charge in [0.05, 0.1) is 0 Å². The zero-order chi connectivity index (χ0) is 18.8. The number of nitrogens with zero attached hydrogens (tertiary/aromatic N) is 2. The summed E-state index contributed by atoms with van der Waals surface area (Å²) in [5.41, 5.74) is 4.19. The molecule has 1 unspecified atom stereocenters. The first kappa shape index (κ1) is 17.9. The second-order valence-corrected chi connectivity index (χ2v) is 7.88. The van der Waals surface area contributed by atoms with E-state index >= 15 is 0 Å². The minimum absolute atomic E-state index is 0.0102. The predicted octanol–water partition coefficient (Wildman–Crippen LogP) is 3.93. The van der Waals surface area contributed by atoms with Gasteiger partial charge >= 0.3 is 0 Å². The van der Waals surface area contributed by atoms with Gasteiger partial charge in [-0.2, -0.15) is 0 Å². The fraction of sp³-hybridized carbons (Fsp3) is 0.435. The van der Waals surface area contributed by atoms with E-state index in [-0.39, 0.29) is 17.6 Å². The summed E-state index contributed by atoms with van der Waals surface area (Å²) in [5.74, 6) is 0.482. The summed E-state index contributed by atoms with van der Waals surface area (Å²) < 4.78 is 0. The molecule has 2 aromatic rings. The van der Waals surface area contributed by atoms with E-state index in [2.05, 4.69) is 36.2 Å². The maximum Gasteiger partial charge on any atom is 0.226 e. The molecule has 4 heteroatoms. The summed E-state index contributed by atoms with van der Waals surface area (Å²) >= 11 is 0. The number of aromatic nitrogens is 1. The van der Waals surface area contributed by atoms with Crippen LogP contribution < -0.4 is 0 Å². The van der Waals surface area contributed by atoms with Gasteiger partial charge in [-0.25, -0.2) is 0 Å². The van der Waals surface area contributed by atoms with Crippen molar-refractivity contribution < 1.29 is 9.59 Å². The molecular formula is C23H26N2O2. The van der Waals surface area contributed by atoms with Crippen molar-refractivity contribution in [3.63, 3.8) is 0 Å². The van der Waals surface area contributed by atoms with Crippen molar-refractivity contribution in [2.24, 2.45) is 5.92 Å². The van der Waals surface area contributed by atoms with E-state index in [1.165, 1.54) is 11.1 Å². The largest absolute Gasteiger partial charge is 0.342 e. The minimum atomic E-state index is -0.206. The Labute approximate surface area is 160 Å². The third kappa shape index (κ3) is 3.80.